The first-order chi connectivity index (χ1) is 47.9. The van der Waals surface area contributed by atoms with Gasteiger partial charge in [-0.15, -0.1) is 0 Å². The summed E-state index contributed by atoms with van der Waals surface area (Å²) in [5.74, 6) is -9.87. The molecule has 0 unspecified atom stereocenters. The number of imidazole rings is 1. The van der Waals surface area contributed by atoms with Crippen LogP contribution in [0.3, 0.4) is 0 Å². The molecule has 532 valence electrons. The quantitative estimate of drug-likeness (QED) is 0.0688. The highest BCUT2D eigenvalue weighted by Gasteiger charge is 2.48. The number of fused-ring (bicyclic) bond motifs is 5. The van der Waals surface area contributed by atoms with Crippen molar-refractivity contribution in [3.63, 3.8) is 0 Å². The third kappa shape index (κ3) is 20.2. The van der Waals surface area contributed by atoms with Crippen molar-refractivity contribution < 1.29 is 71.3 Å². The Balaban J connectivity index is 1.06. The topological polar surface area (TPSA) is 397 Å². The summed E-state index contributed by atoms with van der Waals surface area (Å²) >= 11 is 2.79. The van der Waals surface area contributed by atoms with Crippen molar-refractivity contribution in [3.8, 4) is 5.75 Å². The van der Waals surface area contributed by atoms with Crippen LogP contribution in [0.5, 0.6) is 5.75 Å². The molecule has 15 N–H and O–H groups in total. The minimum Gasteiger partial charge on any atom is -0.508 e. The molecular weight excluding hydrogens is 1340 g/mol. The van der Waals surface area contributed by atoms with Crippen molar-refractivity contribution in [3.05, 3.63) is 155 Å². The molecule has 0 radical (unpaired) electrons. The number of aromatic nitrogens is 4. The first-order valence-corrected chi connectivity index (χ1v) is 35.1. The Morgan fingerprint density at radius 3 is 1.78 bits per heavy atom. The average molecular weight is 1420 g/mol. The number of benzene rings is 4. The van der Waals surface area contributed by atoms with E-state index in [9.17, 15) is 52.6 Å². The highest BCUT2D eigenvalue weighted by Crippen LogP contribution is 2.31. The number of thioether (sulfide) groups is 2. The summed E-state index contributed by atoms with van der Waals surface area (Å²) in [4.78, 5) is 158. The van der Waals surface area contributed by atoms with Crippen LogP contribution in [0.2, 0.25) is 0 Å². The number of unbranched alkanes of at least 4 members (excludes halogenated alkanes) is 1. The van der Waals surface area contributed by atoms with E-state index in [1.54, 1.807) is 6.92 Å². The van der Waals surface area contributed by atoms with E-state index in [0.717, 1.165) is 0 Å². The Morgan fingerprint density at radius 1 is 0.630 bits per heavy atom. The van der Waals surface area contributed by atoms with E-state index < -0.39 is 137 Å². The molecule has 9 rings (SSSR count). The number of hydrogen-bond donors (Lipinski definition) is 14. The van der Waals surface area contributed by atoms with E-state index in [1.807, 2.05) is 6.07 Å². The van der Waals surface area contributed by atoms with Crippen molar-refractivity contribution in [1.29, 1.82) is 0 Å². The molecule has 0 saturated carbocycles. The monoisotopic (exact) mass is 1420 g/mol. The second-order valence-corrected chi connectivity index (χ2v) is 27.3. The predicted molar refractivity (Wildman–Crippen MR) is 368 cm³/mol. The van der Waals surface area contributed by atoms with Gasteiger partial charge in [0.15, 0.2) is 0 Å². The van der Waals surface area contributed by atoms with E-state index in [0.29, 0.717) is 75.2 Å². The predicted octanol–water partition coefficient (Wildman–Crippen LogP) is 3.85. The maximum Gasteiger partial charge on any atom is 0.305 e. The smallest absolute Gasteiger partial charge is 0.305 e. The molecule has 7 aromatic rings. The lowest BCUT2D eigenvalue weighted by Gasteiger charge is -2.36. The van der Waals surface area contributed by atoms with Gasteiger partial charge in [0, 0.05) is 114 Å². The Kier molecular flexibility index (Phi) is 25.8. The molecule has 0 aliphatic carbocycles. The second kappa shape index (κ2) is 34.7. The fourth-order valence-corrected chi connectivity index (χ4v) is 13.8. The molecule has 26 nitrogen and oxygen atoms in total. The molecule has 4 aromatic carbocycles. The van der Waals surface area contributed by atoms with Crippen molar-refractivity contribution in [2.75, 3.05) is 31.1 Å². The summed E-state index contributed by atoms with van der Waals surface area (Å²) in [5, 5.41) is 42.5. The number of rotatable bonds is 14. The van der Waals surface area contributed by atoms with E-state index >= 15 is 18.8 Å². The summed E-state index contributed by atoms with van der Waals surface area (Å²) in [6, 6.07) is 6.95. The number of amides is 9. The van der Waals surface area contributed by atoms with Crippen LogP contribution in [0.15, 0.2) is 104 Å². The molecule has 0 spiro atoms. The van der Waals surface area contributed by atoms with Crippen LogP contribution in [0.25, 0.3) is 21.8 Å². The van der Waals surface area contributed by atoms with Gasteiger partial charge in [0.2, 0.25) is 53.2 Å². The first-order valence-electron chi connectivity index (χ1n) is 32.8. The number of hydrogen-bond acceptors (Lipinski definition) is 15. The van der Waals surface area contributed by atoms with Crippen LogP contribution < -0.4 is 48.3 Å². The molecule has 2 aliphatic rings. The molecule has 9 amide bonds. The van der Waals surface area contributed by atoms with E-state index in [1.165, 1.54) is 133 Å². The molecule has 2 bridgehead atoms. The molecule has 5 heterocycles. The number of phenolic OH excluding ortho intramolecular Hbond substituents is 1. The fourth-order valence-electron chi connectivity index (χ4n) is 12.2. The van der Waals surface area contributed by atoms with Crippen molar-refractivity contribution in [2.24, 2.45) is 5.73 Å². The van der Waals surface area contributed by atoms with Crippen molar-refractivity contribution in [1.82, 2.24) is 67.4 Å². The minimum atomic E-state index is -2.03. The number of nitrogens with one attached hydrogen (secondary N) is 11. The number of aliphatic carboxylic acids is 1. The Bertz CT molecular complexity index is 4100. The van der Waals surface area contributed by atoms with Gasteiger partial charge in [0.05, 0.1) is 12.7 Å². The van der Waals surface area contributed by atoms with Gasteiger partial charge in [0.25, 0.3) is 0 Å². The number of halogens is 3. The molecule has 100 heavy (non-hydrogen) atoms. The summed E-state index contributed by atoms with van der Waals surface area (Å²) in [5.41, 5.74) is 7.85. The summed E-state index contributed by atoms with van der Waals surface area (Å²) in [7, 11) is 0. The molecule has 31 heteroatoms. The van der Waals surface area contributed by atoms with E-state index in [-0.39, 0.29) is 86.3 Å². The highest BCUT2D eigenvalue weighted by atomic mass is 32.2. The lowest BCUT2D eigenvalue weighted by molar-refractivity contribution is -0.146. The Labute approximate surface area is 581 Å². The zero-order valence-corrected chi connectivity index (χ0v) is 56.6. The molecule has 1 fully saturated rings. The number of H-pyrrole nitrogens is 3. The molecule has 3 aromatic heterocycles. The van der Waals surface area contributed by atoms with Crippen LogP contribution in [-0.4, -0.2) is 173 Å². The lowest BCUT2D eigenvalue weighted by atomic mass is 9.95. The van der Waals surface area contributed by atoms with E-state index in [2.05, 4.69) is 62.5 Å². The van der Waals surface area contributed by atoms with Gasteiger partial charge < -0.3 is 78.3 Å². The third-order valence-corrected chi connectivity index (χ3v) is 19.6. The van der Waals surface area contributed by atoms with E-state index in [4.69, 9.17) is 5.73 Å². The van der Waals surface area contributed by atoms with Crippen LogP contribution in [0, 0.1) is 17.5 Å². The number of carbonyl (C=O) groups is 10. The number of carboxylic acids is 1. The molecule has 1 saturated heterocycles. The van der Waals surface area contributed by atoms with Gasteiger partial charge in [-0.3, -0.25) is 47.9 Å². The highest BCUT2D eigenvalue weighted by molar-refractivity contribution is 7.98. The maximum atomic E-state index is 15.1. The Hall–Kier alpha value is -9.88. The average Bonchev–Trinajstić information content (AvgIpc) is 1.60. The number of nitrogens with two attached hydrogens (primary N) is 1. The van der Waals surface area contributed by atoms with Crippen LogP contribution in [0.1, 0.15) is 92.3 Å². The van der Waals surface area contributed by atoms with Gasteiger partial charge >= 0.3 is 5.97 Å². The first kappa shape index (κ1) is 74.3. The van der Waals surface area contributed by atoms with Crippen LogP contribution in [0.4, 0.5) is 13.2 Å². The summed E-state index contributed by atoms with van der Waals surface area (Å²) < 4.78 is 45.0. The van der Waals surface area contributed by atoms with Crippen molar-refractivity contribution >= 4 is 104 Å². The third-order valence-electron chi connectivity index (χ3n) is 17.5. The van der Waals surface area contributed by atoms with Gasteiger partial charge in [-0.1, -0.05) is 18.2 Å². The number of carboxylic acid groups (broad SMARTS) is 1. The minimum absolute atomic E-state index is 0.0433. The normalized spacial score (nSPS) is 22.9. The summed E-state index contributed by atoms with van der Waals surface area (Å²) in [6.45, 7) is 3.48. The maximum absolute atomic E-state index is 15.1. The standard InChI is InChI=1S/C69H81F3N14O12S2/c1-38-61(91)81-54(26-42-32-76-51-13-9-44(70)28-49(42)51)63(93)82-55(27-43-33-77-52-14-10-45(71)29-50(43)52)64(94)84-57(31-60(89)90)66(96)83-56(30-47-34-74-37-78-47)65(95)85-58(25-39-7-11-48(87)12-8-39)67(97)86-19-5-16-69(86,2)68(98)75-18-21-100-36-41-22-40(23-46(72)24-41)35-99-20-15-59(88)80-53(62(92)79-38)6-3-4-17-73/h7-14,22-24,28-29,32-34,37-38,53-58,76-77,87H,3-6,15-21,25-27,30-31,35-36,73H2,1-2H3,(H,74,78)(H,75,98)(H,79,92)(H,80,88)(H,81,91)(H,82,93)(H,83,96)(H,84,94)(H,85,95)(H,89,90)/t38-,53+,54+,55+,56+,57+,58+,69+/m1/s1. The number of aromatic hydroxyl groups is 1. The molecule has 8 atom stereocenters. The number of aromatic amines is 3. The van der Waals surface area contributed by atoms with Crippen molar-refractivity contribution in [2.45, 2.75) is 144 Å². The second-order valence-electron chi connectivity index (χ2n) is 25.1. The largest absolute Gasteiger partial charge is 0.508 e. The van der Waals surface area contributed by atoms with Gasteiger partial charge in [-0.25, -0.2) is 18.2 Å². The van der Waals surface area contributed by atoms with Crippen LogP contribution in [-0.2, 0) is 85.1 Å². The number of nitrogens with zero attached hydrogens (tertiary/aromatic N) is 2. The fraction of sp³-hybridized carbons (Fsp3) is 0.406. The number of phenols is 1. The summed E-state index contributed by atoms with van der Waals surface area (Å²) in [6.07, 6.45) is 4.66. The lowest BCUT2D eigenvalue weighted by Crippen LogP contribution is -2.62. The molecule has 2 aliphatic heterocycles. The van der Waals surface area contributed by atoms with Crippen LogP contribution >= 0.6 is 23.5 Å². The Morgan fingerprint density at radius 2 is 1.19 bits per heavy atom. The zero-order valence-electron chi connectivity index (χ0n) is 55.0. The number of carbonyl (C=O) groups excluding carboxylic acids is 9. The van der Waals surface area contributed by atoms with Gasteiger partial charge in [-0.05, 0) is 141 Å². The van der Waals surface area contributed by atoms with Gasteiger partial charge in [0.1, 0.15) is 71.0 Å². The van der Waals surface area contributed by atoms with Gasteiger partial charge in [-0.2, -0.15) is 23.5 Å². The molecular formula is C69H81F3N14O12S2. The zero-order chi connectivity index (χ0) is 71.6. The SMILES string of the molecule is C[C@H]1NC(=O)[C@H](CCCCN)NC(=O)CCSCc2cc(F)cc(c2)CSCCNC(=O)[C@]2(C)CCCN2C(=O)[C@H](Cc2ccc(O)cc2)NC(=O)[C@H](Cc2cnc[nH]2)NC(=O)[C@H](CC(=O)O)NC(=O)[C@H](Cc2c[nH]c3ccc(F)cc23)NC(=O)[C@H](Cc2c[nH]c3ccc(F)cc23)NC1=O.